The Kier molecular flexibility index (Phi) is 6.10. The first-order valence-corrected chi connectivity index (χ1v) is 18.3. The summed E-state index contributed by atoms with van der Waals surface area (Å²) < 4.78 is 62.1. The van der Waals surface area contributed by atoms with E-state index in [0.29, 0.717) is 34.3 Å². The fourth-order valence-corrected chi connectivity index (χ4v) is 7.69. The van der Waals surface area contributed by atoms with E-state index >= 15 is 0 Å². The number of hydrogen-bond donors (Lipinski definition) is 0. The highest BCUT2D eigenvalue weighted by atomic mass is 16.3. The van der Waals surface area contributed by atoms with E-state index in [-0.39, 0.29) is 58.1 Å². The molecular formula is C51H32N4O. The van der Waals surface area contributed by atoms with E-state index in [1.165, 1.54) is 12.1 Å². The largest absolute Gasteiger partial charge is 0.455 e. The second kappa shape index (κ2) is 13.0. The van der Waals surface area contributed by atoms with Gasteiger partial charge in [0.2, 0.25) is 0 Å². The third kappa shape index (κ3) is 5.21. The molecule has 3 heterocycles. The van der Waals surface area contributed by atoms with Crippen molar-refractivity contribution < 1.29 is 12.6 Å². The van der Waals surface area contributed by atoms with Gasteiger partial charge in [-0.3, -0.25) is 0 Å². The Morgan fingerprint density at radius 3 is 1.75 bits per heavy atom. The summed E-state index contributed by atoms with van der Waals surface area (Å²) in [6.07, 6.45) is 0. The molecule has 0 atom stereocenters. The molecule has 0 aliphatic rings. The lowest BCUT2D eigenvalue weighted by Crippen LogP contribution is -2.04. The quantitative estimate of drug-likeness (QED) is 0.171. The van der Waals surface area contributed by atoms with Gasteiger partial charge in [0.05, 0.1) is 24.9 Å². The Morgan fingerprint density at radius 1 is 0.411 bits per heavy atom. The van der Waals surface area contributed by atoms with E-state index in [1.54, 1.807) is 4.57 Å². The summed E-state index contributed by atoms with van der Waals surface area (Å²) in [4.78, 5) is 15.6. The third-order valence-electron chi connectivity index (χ3n) is 10.2. The lowest BCUT2D eigenvalue weighted by atomic mass is 9.98. The lowest BCUT2D eigenvalue weighted by molar-refractivity contribution is 0.670. The Bertz CT molecular complexity index is 3530. The fraction of sp³-hybridized carbons (Fsp3) is 0. The second-order valence-corrected chi connectivity index (χ2v) is 13.5. The average Bonchev–Trinajstić information content (AvgIpc) is 3.88. The van der Waals surface area contributed by atoms with Crippen LogP contribution in [0.1, 0.15) is 8.22 Å². The second-order valence-electron chi connectivity index (χ2n) is 13.5. The van der Waals surface area contributed by atoms with Gasteiger partial charge in [-0.15, -0.1) is 0 Å². The number of rotatable bonds is 6. The number of para-hydroxylation sites is 4. The van der Waals surface area contributed by atoms with Crippen LogP contribution in [-0.2, 0) is 0 Å². The van der Waals surface area contributed by atoms with Crippen LogP contribution in [0.15, 0.2) is 198 Å². The summed E-state index contributed by atoms with van der Waals surface area (Å²) in [7, 11) is 0. The maximum absolute atomic E-state index is 9.26. The van der Waals surface area contributed by atoms with Crippen molar-refractivity contribution in [2.45, 2.75) is 0 Å². The van der Waals surface area contributed by atoms with Crippen molar-refractivity contribution in [1.29, 1.82) is 0 Å². The van der Waals surface area contributed by atoms with Crippen molar-refractivity contribution in [3.05, 3.63) is 194 Å². The number of nitrogens with zero attached hydrogens (tertiary/aromatic N) is 4. The highest BCUT2D eigenvalue weighted by Gasteiger charge is 2.22. The first-order valence-electron chi connectivity index (χ1n) is 21.3. The van der Waals surface area contributed by atoms with Gasteiger partial charge in [0.25, 0.3) is 0 Å². The van der Waals surface area contributed by atoms with Crippen LogP contribution >= 0.6 is 0 Å². The summed E-state index contributed by atoms with van der Waals surface area (Å²) in [5, 5.41) is 2.26. The minimum atomic E-state index is -0.195. The Labute approximate surface area is 331 Å². The number of benzene rings is 8. The average molecular weight is 723 g/mol. The molecule has 0 saturated carbocycles. The molecule has 0 bridgehead atoms. The minimum absolute atomic E-state index is 0.0669. The Morgan fingerprint density at radius 2 is 1.00 bits per heavy atom. The van der Waals surface area contributed by atoms with E-state index in [1.807, 2.05) is 146 Å². The van der Waals surface area contributed by atoms with Crippen LogP contribution in [0.3, 0.4) is 0 Å². The number of aromatic nitrogens is 4. The van der Waals surface area contributed by atoms with Crippen LogP contribution in [-0.4, -0.2) is 19.5 Å². The molecule has 3 aromatic heterocycles. The van der Waals surface area contributed by atoms with Crippen LogP contribution in [0.2, 0.25) is 0 Å². The molecule has 0 aliphatic carbocycles. The predicted molar refractivity (Wildman–Crippen MR) is 229 cm³/mol. The molecule has 0 N–H and O–H groups in total. The van der Waals surface area contributed by atoms with Gasteiger partial charge in [0.15, 0.2) is 17.5 Å². The van der Waals surface area contributed by atoms with Crippen molar-refractivity contribution in [1.82, 2.24) is 19.5 Å². The molecule has 11 rings (SSSR count). The van der Waals surface area contributed by atoms with Gasteiger partial charge in [-0.2, -0.15) is 0 Å². The monoisotopic (exact) mass is 722 g/mol. The van der Waals surface area contributed by atoms with Crippen molar-refractivity contribution in [2.24, 2.45) is 0 Å². The molecule has 0 radical (unpaired) electrons. The Balaban J connectivity index is 1.27. The van der Waals surface area contributed by atoms with Gasteiger partial charge < -0.3 is 8.98 Å². The molecular weight excluding hydrogens is 685 g/mol. The van der Waals surface area contributed by atoms with E-state index < -0.39 is 0 Å². The molecule has 0 amide bonds. The van der Waals surface area contributed by atoms with E-state index in [4.69, 9.17) is 24.9 Å². The van der Waals surface area contributed by atoms with E-state index in [2.05, 4.69) is 0 Å². The first kappa shape index (κ1) is 26.2. The molecule has 0 fully saturated rings. The van der Waals surface area contributed by atoms with Crippen LogP contribution in [0.5, 0.6) is 0 Å². The smallest absolute Gasteiger partial charge is 0.166 e. The zero-order valence-electron chi connectivity index (χ0n) is 35.7. The standard InChI is InChI=1S/C51H32N4O/c1-3-16-33(17-4-1)36-20-7-8-24-42(36)50-52-49(34-18-5-2-6-19-34)53-51(54-50)43-32-35(37-25-15-26-41-40-23-11-14-29-47(40)56-48(37)41)30-31-46(43)55-44-27-12-9-21-38(44)39-22-10-13-28-45(39)55/h1-32H/i9D,10D,21D,22D,27D,28D. The van der Waals surface area contributed by atoms with Gasteiger partial charge in [-0.1, -0.05) is 164 Å². The highest BCUT2D eigenvalue weighted by Crippen LogP contribution is 2.41. The maximum Gasteiger partial charge on any atom is 0.166 e. The minimum Gasteiger partial charge on any atom is -0.455 e. The van der Waals surface area contributed by atoms with Crippen LogP contribution in [0.25, 0.3) is 106 Å². The molecule has 11 aromatic rings. The SMILES string of the molecule is [2H]c1cc([2H])c2c(c1[2H])c1c([2H])c([2H])cc([2H])c1n2-c1ccc(-c2cccc3c2oc2ccccc23)cc1-c1nc(-c2ccccc2)nc(-c2ccccc2-c2ccccc2)n1. The molecule has 0 saturated heterocycles. The summed E-state index contributed by atoms with van der Waals surface area (Å²) in [5.41, 5.74) is 7.97. The lowest BCUT2D eigenvalue weighted by Gasteiger charge is -2.17. The molecule has 5 heteroatoms. The predicted octanol–water partition coefficient (Wildman–Crippen LogP) is 13.2. The molecule has 56 heavy (non-hydrogen) atoms. The van der Waals surface area contributed by atoms with Gasteiger partial charge in [0, 0.05) is 43.8 Å². The fourth-order valence-electron chi connectivity index (χ4n) is 7.69. The summed E-state index contributed by atoms with van der Waals surface area (Å²) >= 11 is 0. The summed E-state index contributed by atoms with van der Waals surface area (Å²) in [6.45, 7) is 0. The molecule has 5 nitrogen and oxygen atoms in total. The van der Waals surface area contributed by atoms with Crippen LogP contribution in [0, 0.1) is 0 Å². The van der Waals surface area contributed by atoms with Crippen molar-refractivity contribution >= 4 is 43.7 Å². The number of fused-ring (bicyclic) bond motifs is 6. The molecule has 8 aromatic carbocycles. The maximum atomic E-state index is 9.26. The van der Waals surface area contributed by atoms with E-state index in [0.717, 1.165) is 49.7 Å². The molecule has 0 aliphatic heterocycles. The zero-order chi connectivity index (χ0) is 42.2. The molecule has 0 unspecified atom stereocenters. The van der Waals surface area contributed by atoms with Gasteiger partial charge >= 0.3 is 0 Å². The van der Waals surface area contributed by atoms with Crippen LogP contribution < -0.4 is 0 Å². The molecule has 262 valence electrons. The topological polar surface area (TPSA) is 56.7 Å². The Hall–Kier alpha value is -7.63. The summed E-state index contributed by atoms with van der Waals surface area (Å²) in [5.74, 6) is 1.14. The van der Waals surface area contributed by atoms with Crippen molar-refractivity contribution in [2.75, 3.05) is 0 Å². The highest BCUT2D eigenvalue weighted by molar-refractivity contribution is 6.11. The number of furan rings is 1. The van der Waals surface area contributed by atoms with Gasteiger partial charge in [-0.05, 0) is 47.0 Å². The molecule has 0 spiro atoms. The number of hydrogen-bond acceptors (Lipinski definition) is 4. The van der Waals surface area contributed by atoms with Gasteiger partial charge in [-0.25, -0.2) is 15.0 Å². The van der Waals surface area contributed by atoms with E-state index in [9.17, 15) is 2.74 Å². The summed E-state index contributed by atoms with van der Waals surface area (Å²) in [6, 6.07) is 49.1. The zero-order valence-corrected chi connectivity index (χ0v) is 29.7. The van der Waals surface area contributed by atoms with Crippen molar-refractivity contribution in [3.8, 4) is 62.1 Å². The third-order valence-corrected chi connectivity index (χ3v) is 10.2. The normalized spacial score (nSPS) is 13.1. The van der Waals surface area contributed by atoms with Crippen LogP contribution in [0.4, 0.5) is 0 Å². The van der Waals surface area contributed by atoms with Crippen molar-refractivity contribution in [3.63, 3.8) is 0 Å². The first-order chi connectivity index (χ1) is 30.2. The van der Waals surface area contributed by atoms with Gasteiger partial charge in [0.1, 0.15) is 11.2 Å².